The number of rotatable bonds is 5. The fourth-order valence-corrected chi connectivity index (χ4v) is 3.25. The molecule has 1 heterocycles. The van der Waals surface area contributed by atoms with E-state index in [1.807, 2.05) is 34.9 Å². The Balaban J connectivity index is 1.78. The van der Waals surface area contributed by atoms with E-state index in [2.05, 4.69) is 10.3 Å². The summed E-state index contributed by atoms with van der Waals surface area (Å²) in [4.78, 5) is 19.0. The number of carbonyl (C=O) groups is 1. The minimum atomic E-state index is -0.958. The SMILES string of the molecule is CCOC1CC(N)(C(=O)Nc2ccc3oc(N(C)C)nc3c2)C1(C)C. The Morgan fingerprint density at radius 2 is 2.20 bits per heavy atom. The molecule has 2 atom stereocenters. The Morgan fingerprint density at radius 3 is 2.80 bits per heavy atom. The van der Waals surface area contributed by atoms with E-state index >= 15 is 0 Å². The molecule has 2 aromatic rings. The van der Waals surface area contributed by atoms with Crippen molar-refractivity contribution in [1.82, 2.24) is 4.98 Å². The highest BCUT2D eigenvalue weighted by molar-refractivity contribution is 6.00. The van der Waals surface area contributed by atoms with Crippen molar-refractivity contribution >= 4 is 28.7 Å². The van der Waals surface area contributed by atoms with Crippen LogP contribution >= 0.6 is 0 Å². The van der Waals surface area contributed by atoms with Gasteiger partial charge in [0, 0.05) is 38.2 Å². The Labute approximate surface area is 147 Å². The van der Waals surface area contributed by atoms with E-state index in [0.29, 0.717) is 35.8 Å². The minimum absolute atomic E-state index is 0.00563. The molecule has 1 aromatic heterocycles. The maximum atomic E-state index is 12.8. The number of nitrogens with two attached hydrogens (primary N) is 1. The maximum Gasteiger partial charge on any atom is 0.297 e. The van der Waals surface area contributed by atoms with Crippen molar-refractivity contribution in [2.75, 3.05) is 30.9 Å². The van der Waals surface area contributed by atoms with E-state index in [4.69, 9.17) is 14.9 Å². The summed E-state index contributed by atoms with van der Waals surface area (Å²) in [6.07, 6.45) is 0.505. The van der Waals surface area contributed by atoms with Crippen LogP contribution in [-0.4, -0.2) is 43.2 Å². The van der Waals surface area contributed by atoms with Gasteiger partial charge in [-0.1, -0.05) is 13.8 Å². The minimum Gasteiger partial charge on any atom is -0.423 e. The third-order valence-electron chi connectivity index (χ3n) is 5.25. The van der Waals surface area contributed by atoms with E-state index < -0.39 is 11.0 Å². The number of benzene rings is 1. The van der Waals surface area contributed by atoms with Gasteiger partial charge in [-0.05, 0) is 25.1 Å². The second kappa shape index (κ2) is 6.00. The Kier molecular flexibility index (Phi) is 4.25. The van der Waals surface area contributed by atoms with Gasteiger partial charge in [0.25, 0.3) is 6.01 Å². The zero-order valence-corrected chi connectivity index (χ0v) is 15.4. The first-order chi connectivity index (χ1) is 11.7. The van der Waals surface area contributed by atoms with Crippen LogP contribution in [0, 0.1) is 5.41 Å². The molecule has 1 amide bonds. The standard InChI is InChI=1S/C18H26N4O3/c1-6-24-14-10-18(19,17(14,2)3)15(23)20-11-7-8-13-12(9-11)21-16(25-13)22(4)5/h7-9,14H,6,10,19H2,1-5H3,(H,20,23). The molecule has 7 heteroatoms. The number of fused-ring (bicyclic) bond motifs is 1. The van der Waals surface area contributed by atoms with Crippen LogP contribution < -0.4 is 16.0 Å². The van der Waals surface area contributed by atoms with Crippen molar-refractivity contribution < 1.29 is 13.9 Å². The highest BCUT2D eigenvalue weighted by atomic mass is 16.5. The molecule has 7 nitrogen and oxygen atoms in total. The molecule has 1 aromatic carbocycles. The van der Waals surface area contributed by atoms with Crippen LogP contribution in [0.25, 0.3) is 11.1 Å². The summed E-state index contributed by atoms with van der Waals surface area (Å²) >= 11 is 0. The molecule has 0 bridgehead atoms. The highest BCUT2D eigenvalue weighted by Crippen LogP contribution is 2.50. The number of carbonyl (C=O) groups excluding carboxylic acids is 1. The van der Waals surface area contributed by atoms with Gasteiger partial charge in [-0.2, -0.15) is 4.98 Å². The zero-order valence-electron chi connectivity index (χ0n) is 15.4. The number of nitrogens with zero attached hydrogens (tertiary/aromatic N) is 2. The van der Waals surface area contributed by atoms with E-state index in [9.17, 15) is 4.79 Å². The first-order valence-electron chi connectivity index (χ1n) is 8.49. The first-order valence-corrected chi connectivity index (χ1v) is 8.49. The lowest BCUT2D eigenvalue weighted by atomic mass is 9.54. The predicted molar refractivity (Wildman–Crippen MR) is 97.7 cm³/mol. The van der Waals surface area contributed by atoms with Crippen LogP contribution in [-0.2, 0) is 9.53 Å². The normalized spacial score (nSPS) is 24.8. The number of amides is 1. The van der Waals surface area contributed by atoms with Crippen molar-refractivity contribution in [3.05, 3.63) is 18.2 Å². The predicted octanol–water partition coefficient (Wildman–Crippen LogP) is 2.36. The van der Waals surface area contributed by atoms with Crippen molar-refractivity contribution in [1.29, 1.82) is 0 Å². The van der Waals surface area contributed by atoms with Gasteiger partial charge in [-0.25, -0.2) is 0 Å². The number of oxazole rings is 1. The number of anilines is 2. The number of nitrogens with one attached hydrogen (secondary N) is 1. The maximum absolute atomic E-state index is 12.8. The zero-order chi connectivity index (χ0) is 18.4. The number of aromatic nitrogens is 1. The van der Waals surface area contributed by atoms with Crippen LogP contribution in [0.15, 0.2) is 22.6 Å². The molecule has 0 spiro atoms. The summed E-state index contributed by atoms with van der Waals surface area (Å²) < 4.78 is 11.3. The molecule has 1 aliphatic rings. The smallest absolute Gasteiger partial charge is 0.297 e. The summed E-state index contributed by atoms with van der Waals surface area (Å²) in [6.45, 7) is 6.51. The molecular weight excluding hydrogens is 320 g/mol. The van der Waals surface area contributed by atoms with E-state index in [1.165, 1.54) is 0 Å². The van der Waals surface area contributed by atoms with Gasteiger partial charge in [0.05, 0.1) is 6.10 Å². The summed E-state index contributed by atoms with van der Waals surface area (Å²) in [5.74, 6) is -0.205. The van der Waals surface area contributed by atoms with E-state index in [-0.39, 0.29) is 12.0 Å². The molecule has 1 aliphatic carbocycles. The van der Waals surface area contributed by atoms with Gasteiger partial charge in [0.1, 0.15) is 11.1 Å². The van der Waals surface area contributed by atoms with Gasteiger partial charge >= 0.3 is 0 Å². The lowest BCUT2D eigenvalue weighted by molar-refractivity contribution is -0.166. The Hall–Kier alpha value is -2.12. The summed E-state index contributed by atoms with van der Waals surface area (Å²) in [5, 5.41) is 2.92. The first kappa shape index (κ1) is 17.7. The van der Waals surface area contributed by atoms with Crippen LogP contribution in [0.1, 0.15) is 27.2 Å². The lowest BCUT2D eigenvalue weighted by Crippen LogP contribution is -2.74. The third-order valence-corrected chi connectivity index (χ3v) is 5.25. The molecule has 2 unspecified atom stereocenters. The summed E-state index contributed by atoms with van der Waals surface area (Å²) in [6, 6.07) is 5.90. The molecule has 1 saturated carbocycles. The van der Waals surface area contributed by atoms with Crippen molar-refractivity contribution in [3.8, 4) is 0 Å². The average molecular weight is 346 g/mol. The molecular formula is C18H26N4O3. The van der Waals surface area contributed by atoms with Crippen molar-refractivity contribution in [3.63, 3.8) is 0 Å². The number of ether oxygens (including phenoxy) is 1. The second-order valence-corrected chi connectivity index (χ2v) is 7.37. The highest BCUT2D eigenvalue weighted by Gasteiger charge is 2.62. The fourth-order valence-electron chi connectivity index (χ4n) is 3.25. The molecule has 0 saturated heterocycles. The molecule has 3 rings (SSSR count). The molecule has 3 N–H and O–H groups in total. The van der Waals surface area contributed by atoms with Crippen LogP contribution in [0.5, 0.6) is 0 Å². The molecule has 0 radical (unpaired) electrons. The Bertz CT molecular complexity index is 799. The summed E-state index contributed by atoms with van der Waals surface area (Å²) in [5.41, 5.74) is 7.04. The fraction of sp³-hybridized carbons (Fsp3) is 0.556. The van der Waals surface area contributed by atoms with Gasteiger partial charge < -0.3 is 25.1 Å². The summed E-state index contributed by atoms with van der Waals surface area (Å²) in [7, 11) is 3.72. The third kappa shape index (κ3) is 2.77. The van der Waals surface area contributed by atoms with Crippen LogP contribution in [0.2, 0.25) is 0 Å². The molecule has 25 heavy (non-hydrogen) atoms. The number of hydrogen-bond acceptors (Lipinski definition) is 6. The quantitative estimate of drug-likeness (QED) is 0.863. The van der Waals surface area contributed by atoms with Gasteiger partial charge in [-0.3, -0.25) is 4.79 Å². The number of hydrogen-bond donors (Lipinski definition) is 2. The van der Waals surface area contributed by atoms with Crippen LogP contribution in [0.4, 0.5) is 11.7 Å². The van der Waals surface area contributed by atoms with E-state index in [1.54, 1.807) is 23.1 Å². The van der Waals surface area contributed by atoms with Crippen molar-refractivity contribution in [2.45, 2.75) is 38.8 Å². The topological polar surface area (TPSA) is 93.6 Å². The largest absolute Gasteiger partial charge is 0.423 e. The average Bonchev–Trinajstić information content (AvgIpc) is 2.98. The van der Waals surface area contributed by atoms with Gasteiger partial charge in [-0.15, -0.1) is 0 Å². The molecule has 1 fully saturated rings. The lowest BCUT2D eigenvalue weighted by Gasteiger charge is -2.57. The monoisotopic (exact) mass is 346 g/mol. The molecule has 0 aliphatic heterocycles. The van der Waals surface area contributed by atoms with Crippen molar-refractivity contribution in [2.24, 2.45) is 11.1 Å². The second-order valence-electron chi connectivity index (χ2n) is 7.37. The molecule has 136 valence electrons. The van der Waals surface area contributed by atoms with Gasteiger partial charge in [0.15, 0.2) is 5.58 Å². The Morgan fingerprint density at radius 1 is 1.48 bits per heavy atom. The van der Waals surface area contributed by atoms with E-state index in [0.717, 1.165) is 0 Å². The van der Waals surface area contributed by atoms with Gasteiger partial charge in [0.2, 0.25) is 5.91 Å². The van der Waals surface area contributed by atoms with Crippen LogP contribution in [0.3, 0.4) is 0 Å².